The van der Waals surface area contributed by atoms with Crippen LogP contribution in [0.5, 0.6) is 0 Å². The van der Waals surface area contributed by atoms with Gasteiger partial charge in [0.2, 0.25) is 0 Å². The minimum Gasteiger partial charge on any atom is -0.323 e. The molecule has 0 spiro atoms. The fourth-order valence-corrected chi connectivity index (χ4v) is 3.07. The SMILES string of the molecule is C=CC[SiH](CC=C)CNC. The molecule has 0 rings (SSSR count). The van der Waals surface area contributed by atoms with Crippen LogP contribution in [0.3, 0.4) is 0 Å². The Bertz CT molecular complexity index is 91.4. The Hall–Kier alpha value is -0.343. The van der Waals surface area contributed by atoms with Crippen molar-refractivity contribution >= 4 is 8.80 Å². The Morgan fingerprint density at radius 1 is 1.30 bits per heavy atom. The van der Waals surface area contributed by atoms with Crippen LogP contribution in [0.15, 0.2) is 25.3 Å². The van der Waals surface area contributed by atoms with E-state index in [1.165, 1.54) is 18.3 Å². The Morgan fingerprint density at radius 2 is 1.80 bits per heavy atom. The van der Waals surface area contributed by atoms with Gasteiger partial charge in [0.05, 0.1) is 8.80 Å². The number of hydrogen-bond acceptors (Lipinski definition) is 1. The molecule has 10 heavy (non-hydrogen) atoms. The largest absolute Gasteiger partial charge is 0.323 e. The fourth-order valence-electron chi connectivity index (χ4n) is 1.02. The molecule has 0 aliphatic carbocycles. The molecule has 0 saturated carbocycles. The second kappa shape index (κ2) is 6.77. The summed E-state index contributed by atoms with van der Waals surface area (Å²) in [6.45, 7) is 7.48. The molecule has 0 aromatic carbocycles. The number of nitrogens with one attached hydrogen (secondary N) is 1. The number of allylic oxidation sites excluding steroid dienone is 2. The lowest BCUT2D eigenvalue weighted by Gasteiger charge is -2.08. The Morgan fingerprint density at radius 3 is 2.10 bits per heavy atom. The molecule has 58 valence electrons. The van der Waals surface area contributed by atoms with Gasteiger partial charge < -0.3 is 5.32 Å². The maximum Gasteiger partial charge on any atom is 0.0600 e. The van der Waals surface area contributed by atoms with Crippen LogP contribution in [0.4, 0.5) is 0 Å². The van der Waals surface area contributed by atoms with Crippen molar-refractivity contribution in [3.63, 3.8) is 0 Å². The van der Waals surface area contributed by atoms with Crippen LogP contribution in [0.2, 0.25) is 12.1 Å². The highest BCUT2D eigenvalue weighted by atomic mass is 28.3. The maximum atomic E-state index is 3.74. The first-order valence-corrected chi connectivity index (χ1v) is 6.16. The molecule has 1 N–H and O–H groups in total. The predicted molar refractivity (Wildman–Crippen MR) is 51.1 cm³/mol. The van der Waals surface area contributed by atoms with Crippen molar-refractivity contribution in [1.82, 2.24) is 5.32 Å². The monoisotopic (exact) mass is 155 g/mol. The second-order valence-electron chi connectivity index (χ2n) is 2.47. The van der Waals surface area contributed by atoms with E-state index in [0.717, 1.165) is 0 Å². The molecule has 2 heteroatoms. The molecule has 1 nitrogen and oxygen atoms in total. The van der Waals surface area contributed by atoms with Crippen molar-refractivity contribution in [2.45, 2.75) is 12.1 Å². The van der Waals surface area contributed by atoms with E-state index < -0.39 is 8.80 Å². The minimum atomic E-state index is -0.581. The van der Waals surface area contributed by atoms with E-state index in [9.17, 15) is 0 Å². The molecular weight excluding hydrogens is 138 g/mol. The highest BCUT2D eigenvalue weighted by molar-refractivity contribution is 6.60. The first-order chi connectivity index (χ1) is 4.85. The van der Waals surface area contributed by atoms with E-state index in [1.807, 2.05) is 19.2 Å². The van der Waals surface area contributed by atoms with E-state index in [-0.39, 0.29) is 0 Å². The summed E-state index contributed by atoms with van der Waals surface area (Å²) in [7, 11) is 1.43. The van der Waals surface area contributed by atoms with Gasteiger partial charge >= 0.3 is 0 Å². The Balaban J connectivity index is 3.48. The molecule has 0 amide bonds. The van der Waals surface area contributed by atoms with Crippen LogP contribution < -0.4 is 5.32 Å². The number of hydrogen-bond donors (Lipinski definition) is 1. The maximum absolute atomic E-state index is 3.74. The molecule has 0 heterocycles. The third kappa shape index (κ3) is 4.53. The van der Waals surface area contributed by atoms with Gasteiger partial charge in [0.15, 0.2) is 0 Å². The average Bonchev–Trinajstić information content (AvgIpc) is 1.90. The molecule has 0 atom stereocenters. The summed E-state index contributed by atoms with van der Waals surface area (Å²) >= 11 is 0. The van der Waals surface area contributed by atoms with Gasteiger partial charge in [-0.25, -0.2) is 0 Å². The fraction of sp³-hybridized carbons (Fsp3) is 0.500. The molecule has 0 aliphatic heterocycles. The van der Waals surface area contributed by atoms with Gasteiger partial charge in [0, 0.05) is 0 Å². The van der Waals surface area contributed by atoms with E-state index in [2.05, 4.69) is 18.5 Å². The van der Waals surface area contributed by atoms with E-state index >= 15 is 0 Å². The van der Waals surface area contributed by atoms with Crippen LogP contribution in [-0.2, 0) is 0 Å². The first-order valence-electron chi connectivity index (χ1n) is 3.71. The van der Waals surface area contributed by atoms with Gasteiger partial charge in [-0.15, -0.1) is 13.2 Å². The zero-order chi connectivity index (χ0) is 7.82. The lowest BCUT2D eigenvalue weighted by Crippen LogP contribution is -2.26. The van der Waals surface area contributed by atoms with E-state index in [4.69, 9.17) is 0 Å². The Labute approximate surface area is 65.4 Å². The van der Waals surface area contributed by atoms with Crippen molar-refractivity contribution in [3.05, 3.63) is 25.3 Å². The van der Waals surface area contributed by atoms with Crippen molar-refractivity contribution < 1.29 is 0 Å². The van der Waals surface area contributed by atoms with Crippen molar-refractivity contribution in [1.29, 1.82) is 0 Å². The molecule has 0 aromatic rings. The van der Waals surface area contributed by atoms with Crippen LogP contribution in [0, 0.1) is 0 Å². The van der Waals surface area contributed by atoms with Gasteiger partial charge in [0.25, 0.3) is 0 Å². The molecular formula is C8H17NSi. The second-order valence-corrected chi connectivity index (χ2v) is 5.56. The van der Waals surface area contributed by atoms with Crippen LogP contribution in [0.1, 0.15) is 0 Å². The summed E-state index contributed by atoms with van der Waals surface area (Å²) in [6.07, 6.45) is 5.24. The van der Waals surface area contributed by atoms with Gasteiger partial charge in [-0.05, 0) is 25.3 Å². The van der Waals surface area contributed by atoms with Gasteiger partial charge in [0.1, 0.15) is 0 Å². The summed E-state index contributed by atoms with van der Waals surface area (Å²) in [5.74, 6) is 0. The van der Waals surface area contributed by atoms with Crippen molar-refractivity contribution in [2.24, 2.45) is 0 Å². The topological polar surface area (TPSA) is 12.0 Å². The standard InChI is InChI=1S/C8H17NSi/c1-4-6-10(7-5-2)8-9-3/h4-5,9-10H,1-2,6-8H2,3H3. The third-order valence-electron chi connectivity index (χ3n) is 1.49. The van der Waals surface area contributed by atoms with E-state index in [1.54, 1.807) is 0 Å². The summed E-state index contributed by atoms with van der Waals surface area (Å²) in [5.41, 5.74) is 0. The van der Waals surface area contributed by atoms with Crippen LogP contribution in [0.25, 0.3) is 0 Å². The summed E-state index contributed by atoms with van der Waals surface area (Å²) < 4.78 is 0. The molecule has 0 saturated heterocycles. The molecule has 0 fully saturated rings. The zero-order valence-corrected chi connectivity index (χ0v) is 7.92. The lowest BCUT2D eigenvalue weighted by atomic mass is 10.7. The normalized spacial score (nSPS) is 9.80. The van der Waals surface area contributed by atoms with Gasteiger partial charge in [-0.1, -0.05) is 12.2 Å². The predicted octanol–water partition coefficient (Wildman–Crippen LogP) is 1.34. The molecule has 0 aromatic heterocycles. The molecule has 0 unspecified atom stereocenters. The number of rotatable bonds is 6. The summed E-state index contributed by atoms with van der Waals surface area (Å²) in [5, 5.41) is 3.20. The average molecular weight is 155 g/mol. The quantitative estimate of drug-likeness (QED) is 0.451. The van der Waals surface area contributed by atoms with Gasteiger partial charge in [-0.2, -0.15) is 0 Å². The van der Waals surface area contributed by atoms with Crippen LogP contribution >= 0.6 is 0 Å². The van der Waals surface area contributed by atoms with Crippen molar-refractivity contribution in [3.8, 4) is 0 Å². The van der Waals surface area contributed by atoms with Crippen molar-refractivity contribution in [2.75, 3.05) is 13.2 Å². The Kier molecular flexibility index (Phi) is 6.54. The molecule has 0 bridgehead atoms. The van der Waals surface area contributed by atoms with Crippen LogP contribution in [-0.4, -0.2) is 22.0 Å². The minimum absolute atomic E-state index is 0.581. The zero-order valence-electron chi connectivity index (χ0n) is 6.77. The first kappa shape index (κ1) is 9.66. The highest BCUT2D eigenvalue weighted by Gasteiger charge is 2.03. The smallest absolute Gasteiger partial charge is 0.0600 e. The lowest BCUT2D eigenvalue weighted by molar-refractivity contribution is 0.951. The molecule has 0 radical (unpaired) electrons. The van der Waals surface area contributed by atoms with E-state index in [0.29, 0.717) is 0 Å². The highest BCUT2D eigenvalue weighted by Crippen LogP contribution is 1.98. The third-order valence-corrected chi connectivity index (χ3v) is 4.48. The summed E-state index contributed by atoms with van der Waals surface area (Å²) in [4.78, 5) is 0. The molecule has 0 aliphatic rings. The van der Waals surface area contributed by atoms with Gasteiger partial charge in [-0.3, -0.25) is 0 Å². The summed E-state index contributed by atoms with van der Waals surface area (Å²) in [6, 6.07) is 2.43.